The lowest BCUT2D eigenvalue weighted by molar-refractivity contribution is 0.290. The third kappa shape index (κ3) is 4.58. The van der Waals surface area contributed by atoms with E-state index < -0.39 is 0 Å². The number of nitrogens with two attached hydrogens (primary N) is 1. The first-order valence-electron chi connectivity index (χ1n) is 6.17. The van der Waals surface area contributed by atoms with Gasteiger partial charge in [-0.1, -0.05) is 36.4 Å². The van der Waals surface area contributed by atoms with Crippen LogP contribution in [0.15, 0.2) is 48.5 Å². The van der Waals surface area contributed by atoms with Crippen LogP contribution in [0.25, 0.3) is 0 Å². The third-order valence-corrected chi connectivity index (χ3v) is 2.85. The Bertz CT molecular complexity index is 493. The molecule has 0 saturated heterocycles. The van der Waals surface area contributed by atoms with Crippen LogP contribution in [0.4, 0.5) is 0 Å². The molecule has 2 aromatic rings. The molecular formula is C16H20ClNO. The van der Waals surface area contributed by atoms with E-state index in [4.69, 9.17) is 10.5 Å². The van der Waals surface area contributed by atoms with Gasteiger partial charge < -0.3 is 10.5 Å². The number of halogens is 1. The van der Waals surface area contributed by atoms with E-state index >= 15 is 0 Å². The minimum absolute atomic E-state index is 0. The summed E-state index contributed by atoms with van der Waals surface area (Å²) in [6.45, 7) is 4.63. The van der Waals surface area contributed by atoms with Crippen LogP contribution in [-0.2, 0) is 0 Å². The second kappa shape index (κ2) is 7.17. The fourth-order valence-corrected chi connectivity index (χ4v) is 2.00. The van der Waals surface area contributed by atoms with Crippen LogP contribution in [0.1, 0.15) is 22.7 Å². The Labute approximate surface area is 121 Å². The molecule has 2 rings (SSSR count). The predicted molar refractivity (Wildman–Crippen MR) is 82.0 cm³/mol. The SMILES string of the molecule is Cc1cc(C)cc(OC[C@H](N)c2ccccc2)c1.Cl. The summed E-state index contributed by atoms with van der Waals surface area (Å²) in [7, 11) is 0. The number of benzene rings is 2. The minimum atomic E-state index is -0.0907. The highest BCUT2D eigenvalue weighted by Crippen LogP contribution is 2.18. The molecule has 1 atom stereocenters. The monoisotopic (exact) mass is 277 g/mol. The molecule has 0 bridgehead atoms. The fraction of sp³-hybridized carbons (Fsp3) is 0.250. The van der Waals surface area contributed by atoms with Crippen LogP contribution in [0.3, 0.4) is 0 Å². The second-order valence-electron chi connectivity index (χ2n) is 4.65. The van der Waals surface area contributed by atoms with E-state index in [0.29, 0.717) is 6.61 Å². The quantitative estimate of drug-likeness (QED) is 0.922. The maximum absolute atomic E-state index is 6.09. The molecule has 0 aliphatic heterocycles. The van der Waals surface area contributed by atoms with Crippen molar-refractivity contribution in [3.8, 4) is 5.75 Å². The van der Waals surface area contributed by atoms with Crippen molar-refractivity contribution in [2.75, 3.05) is 6.61 Å². The first-order valence-corrected chi connectivity index (χ1v) is 6.17. The number of ether oxygens (including phenoxy) is 1. The summed E-state index contributed by atoms with van der Waals surface area (Å²) in [5.74, 6) is 0.888. The molecule has 0 amide bonds. The van der Waals surface area contributed by atoms with Gasteiger partial charge >= 0.3 is 0 Å². The molecule has 0 fully saturated rings. The summed E-state index contributed by atoms with van der Waals surface area (Å²) in [4.78, 5) is 0. The van der Waals surface area contributed by atoms with Crippen molar-refractivity contribution in [2.24, 2.45) is 5.73 Å². The van der Waals surface area contributed by atoms with Gasteiger partial charge in [-0.05, 0) is 42.7 Å². The number of rotatable bonds is 4. The van der Waals surface area contributed by atoms with Gasteiger partial charge in [0.2, 0.25) is 0 Å². The van der Waals surface area contributed by atoms with Crippen molar-refractivity contribution in [1.82, 2.24) is 0 Å². The second-order valence-corrected chi connectivity index (χ2v) is 4.65. The maximum Gasteiger partial charge on any atom is 0.119 e. The lowest BCUT2D eigenvalue weighted by Crippen LogP contribution is -2.18. The molecule has 0 heterocycles. The fourth-order valence-electron chi connectivity index (χ4n) is 2.00. The van der Waals surface area contributed by atoms with Crippen LogP contribution in [0, 0.1) is 13.8 Å². The molecule has 19 heavy (non-hydrogen) atoms. The normalized spacial score (nSPS) is 11.5. The third-order valence-electron chi connectivity index (χ3n) is 2.85. The van der Waals surface area contributed by atoms with Gasteiger partial charge in [-0.15, -0.1) is 12.4 Å². The van der Waals surface area contributed by atoms with Gasteiger partial charge in [0, 0.05) is 0 Å². The summed E-state index contributed by atoms with van der Waals surface area (Å²) in [6.07, 6.45) is 0. The Hall–Kier alpha value is -1.51. The van der Waals surface area contributed by atoms with E-state index in [1.54, 1.807) is 0 Å². The molecule has 2 nitrogen and oxygen atoms in total. The average Bonchev–Trinajstić information content (AvgIpc) is 2.36. The Morgan fingerprint density at radius 1 is 1.00 bits per heavy atom. The lowest BCUT2D eigenvalue weighted by atomic mass is 10.1. The maximum atomic E-state index is 6.09. The largest absolute Gasteiger partial charge is 0.492 e. The summed E-state index contributed by atoms with van der Waals surface area (Å²) >= 11 is 0. The van der Waals surface area contributed by atoms with E-state index in [0.717, 1.165) is 11.3 Å². The molecule has 2 aromatic carbocycles. The van der Waals surface area contributed by atoms with Crippen molar-refractivity contribution in [3.05, 3.63) is 65.2 Å². The smallest absolute Gasteiger partial charge is 0.119 e. The molecule has 0 aromatic heterocycles. The zero-order valence-corrected chi connectivity index (χ0v) is 12.1. The zero-order chi connectivity index (χ0) is 13.0. The number of hydrogen-bond acceptors (Lipinski definition) is 2. The van der Waals surface area contributed by atoms with Gasteiger partial charge in [0.25, 0.3) is 0 Å². The number of hydrogen-bond donors (Lipinski definition) is 1. The van der Waals surface area contributed by atoms with Crippen LogP contribution in [-0.4, -0.2) is 6.61 Å². The van der Waals surface area contributed by atoms with Gasteiger partial charge in [0.05, 0.1) is 6.04 Å². The highest BCUT2D eigenvalue weighted by molar-refractivity contribution is 5.85. The Balaban J connectivity index is 0.00000180. The molecule has 0 radical (unpaired) electrons. The van der Waals surface area contributed by atoms with Crippen molar-refractivity contribution >= 4 is 12.4 Å². The average molecular weight is 278 g/mol. The summed E-state index contributed by atoms with van der Waals surface area (Å²) in [6, 6.07) is 16.1. The highest BCUT2D eigenvalue weighted by Gasteiger charge is 2.06. The van der Waals surface area contributed by atoms with E-state index in [1.807, 2.05) is 42.5 Å². The van der Waals surface area contributed by atoms with Crippen molar-refractivity contribution in [2.45, 2.75) is 19.9 Å². The van der Waals surface area contributed by atoms with Gasteiger partial charge in [0.1, 0.15) is 12.4 Å². The molecule has 0 aliphatic rings. The Kier molecular flexibility index (Phi) is 5.87. The molecule has 0 saturated carbocycles. The Morgan fingerprint density at radius 3 is 2.16 bits per heavy atom. The standard InChI is InChI=1S/C16H19NO.ClH/c1-12-8-13(2)10-15(9-12)18-11-16(17)14-6-4-3-5-7-14;/h3-10,16H,11,17H2,1-2H3;1H/t16-;/m0./s1. The van der Waals surface area contributed by atoms with Crippen LogP contribution in [0.2, 0.25) is 0 Å². The predicted octanol–water partition coefficient (Wildman–Crippen LogP) is 3.80. The Morgan fingerprint density at radius 2 is 1.58 bits per heavy atom. The molecule has 0 spiro atoms. The summed E-state index contributed by atoms with van der Waals surface area (Å²) in [5.41, 5.74) is 9.61. The van der Waals surface area contributed by atoms with E-state index in [2.05, 4.69) is 19.9 Å². The highest BCUT2D eigenvalue weighted by atomic mass is 35.5. The zero-order valence-electron chi connectivity index (χ0n) is 11.3. The summed E-state index contributed by atoms with van der Waals surface area (Å²) < 4.78 is 5.76. The molecular weight excluding hydrogens is 258 g/mol. The molecule has 3 heteroatoms. The van der Waals surface area contributed by atoms with Crippen molar-refractivity contribution < 1.29 is 4.74 Å². The topological polar surface area (TPSA) is 35.2 Å². The van der Waals surface area contributed by atoms with E-state index in [-0.39, 0.29) is 18.4 Å². The summed E-state index contributed by atoms with van der Waals surface area (Å²) in [5, 5.41) is 0. The van der Waals surface area contributed by atoms with Gasteiger partial charge in [-0.2, -0.15) is 0 Å². The molecule has 0 unspecified atom stereocenters. The van der Waals surface area contributed by atoms with Crippen molar-refractivity contribution in [3.63, 3.8) is 0 Å². The molecule has 102 valence electrons. The van der Waals surface area contributed by atoms with Gasteiger partial charge in [-0.3, -0.25) is 0 Å². The van der Waals surface area contributed by atoms with E-state index in [9.17, 15) is 0 Å². The van der Waals surface area contributed by atoms with Gasteiger partial charge in [0.15, 0.2) is 0 Å². The number of aryl methyl sites for hydroxylation is 2. The van der Waals surface area contributed by atoms with E-state index in [1.165, 1.54) is 11.1 Å². The molecule has 2 N–H and O–H groups in total. The van der Waals surface area contributed by atoms with Crippen LogP contribution >= 0.6 is 12.4 Å². The first kappa shape index (κ1) is 15.5. The van der Waals surface area contributed by atoms with Crippen molar-refractivity contribution in [1.29, 1.82) is 0 Å². The van der Waals surface area contributed by atoms with Crippen LogP contribution in [0.5, 0.6) is 5.75 Å². The minimum Gasteiger partial charge on any atom is -0.492 e. The molecule has 0 aliphatic carbocycles. The van der Waals surface area contributed by atoms with Crippen LogP contribution < -0.4 is 10.5 Å². The lowest BCUT2D eigenvalue weighted by Gasteiger charge is -2.14. The first-order chi connectivity index (χ1) is 8.65. The van der Waals surface area contributed by atoms with Gasteiger partial charge in [-0.25, -0.2) is 0 Å².